The first-order valence-corrected chi connectivity index (χ1v) is 11.9. The van der Waals surface area contributed by atoms with Gasteiger partial charge in [-0.15, -0.1) is 0 Å². The van der Waals surface area contributed by atoms with Crippen molar-refractivity contribution < 1.29 is 0 Å². The van der Waals surface area contributed by atoms with Gasteiger partial charge >= 0.3 is 0 Å². The molecule has 0 amide bonds. The molecule has 1 nitrogen and oxygen atoms in total. The zero-order valence-corrected chi connectivity index (χ0v) is 21.6. The molecule has 0 aliphatic heterocycles. The first kappa shape index (κ1) is 22.6. The second-order valence-electron chi connectivity index (χ2n) is 12.5. The van der Waals surface area contributed by atoms with Crippen molar-refractivity contribution in [3.05, 3.63) is 76.9 Å². The fourth-order valence-corrected chi connectivity index (χ4v) is 4.89. The van der Waals surface area contributed by atoms with Crippen LogP contribution in [-0.2, 0) is 16.2 Å². The van der Waals surface area contributed by atoms with Gasteiger partial charge in [-0.05, 0) is 75.8 Å². The summed E-state index contributed by atoms with van der Waals surface area (Å²) in [6.07, 6.45) is 0. The Bertz CT molecular complexity index is 1240. The van der Waals surface area contributed by atoms with Crippen LogP contribution >= 0.6 is 0 Å². The lowest BCUT2D eigenvalue weighted by Gasteiger charge is -2.24. The van der Waals surface area contributed by atoms with Crippen molar-refractivity contribution in [3.8, 4) is 5.69 Å². The molecule has 1 heteroatoms. The van der Waals surface area contributed by atoms with Gasteiger partial charge in [-0.3, -0.25) is 0 Å². The maximum absolute atomic E-state index is 2.48. The van der Waals surface area contributed by atoms with Crippen molar-refractivity contribution in [3.63, 3.8) is 0 Å². The first-order chi connectivity index (χ1) is 14.7. The summed E-state index contributed by atoms with van der Waals surface area (Å²) in [4.78, 5) is 0. The van der Waals surface area contributed by atoms with Crippen molar-refractivity contribution in [1.29, 1.82) is 0 Å². The number of hydrogen-bond acceptors (Lipinski definition) is 0. The highest BCUT2D eigenvalue weighted by Crippen LogP contribution is 2.39. The summed E-state index contributed by atoms with van der Waals surface area (Å²) in [5.41, 5.74) is 9.72. The molecule has 1 aromatic heterocycles. The summed E-state index contributed by atoms with van der Waals surface area (Å²) in [5.74, 6) is 0. The average molecular weight is 426 g/mol. The van der Waals surface area contributed by atoms with E-state index in [9.17, 15) is 0 Å². The van der Waals surface area contributed by atoms with E-state index < -0.39 is 0 Å². The normalized spacial score (nSPS) is 13.3. The fourth-order valence-electron chi connectivity index (χ4n) is 4.89. The molecule has 0 N–H and O–H groups in total. The van der Waals surface area contributed by atoms with E-state index in [4.69, 9.17) is 0 Å². The van der Waals surface area contributed by atoms with Gasteiger partial charge in [0.2, 0.25) is 0 Å². The average Bonchev–Trinajstić information content (AvgIpc) is 2.99. The molecule has 3 aromatic carbocycles. The van der Waals surface area contributed by atoms with E-state index >= 15 is 0 Å². The van der Waals surface area contributed by atoms with E-state index in [0.29, 0.717) is 0 Å². The maximum atomic E-state index is 2.48. The Morgan fingerprint density at radius 3 is 1.44 bits per heavy atom. The number of rotatable bonds is 1. The molecule has 4 rings (SSSR count). The minimum atomic E-state index is 0.109. The Kier molecular flexibility index (Phi) is 5.12. The van der Waals surface area contributed by atoms with Crippen molar-refractivity contribution >= 4 is 21.8 Å². The molecule has 4 aromatic rings. The largest absolute Gasteiger partial charge is 0.309 e. The monoisotopic (exact) mass is 425 g/mol. The van der Waals surface area contributed by atoms with Gasteiger partial charge in [0.1, 0.15) is 0 Å². The molecule has 0 atom stereocenters. The molecule has 0 unspecified atom stereocenters. The molecule has 0 saturated heterocycles. The quantitative estimate of drug-likeness (QED) is 0.287. The van der Waals surface area contributed by atoms with Crippen LogP contribution < -0.4 is 0 Å². The lowest BCUT2D eigenvalue weighted by atomic mass is 9.83. The summed E-state index contributed by atoms with van der Waals surface area (Å²) in [6.45, 7) is 23.0. The second-order valence-corrected chi connectivity index (χ2v) is 12.5. The zero-order chi connectivity index (χ0) is 23.6. The molecule has 168 valence electrons. The molecule has 0 saturated carbocycles. The standard InChI is InChI=1S/C31H39N/c1-20-25(31(8,9)10)12-11-13-26(20)32-27-16-14-21(29(2,3)4)18-23(27)24-19-22(30(5,6)7)15-17-28(24)32/h11-19H,1-10H3. The third kappa shape index (κ3) is 3.76. The van der Waals surface area contributed by atoms with Crippen LogP contribution in [0.2, 0.25) is 0 Å². The third-order valence-electron chi connectivity index (χ3n) is 6.85. The molecular formula is C31H39N. The molecule has 0 fully saturated rings. The van der Waals surface area contributed by atoms with E-state index in [-0.39, 0.29) is 16.2 Å². The summed E-state index contributed by atoms with van der Waals surface area (Å²) in [7, 11) is 0. The number of nitrogens with zero attached hydrogens (tertiary/aromatic N) is 1. The minimum Gasteiger partial charge on any atom is -0.309 e. The van der Waals surface area contributed by atoms with Gasteiger partial charge in [0.15, 0.2) is 0 Å². The van der Waals surface area contributed by atoms with Crippen molar-refractivity contribution in [2.24, 2.45) is 0 Å². The fraction of sp³-hybridized carbons (Fsp3) is 0.419. The van der Waals surface area contributed by atoms with Crippen molar-refractivity contribution in [2.75, 3.05) is 0 Å². The molecule has 0 radical (unpaired) electrons. The first-order valence-electron chi connectivity index (χ1n) is 11.9. The Morgan fingerprint density at radius 2 is 1.03 bits per heavy atom. The van der Waals surface area contributed by atoms with E-state index in [2.05, 4.69) is 128 Å². The Hall–Kier alpha value is -2.54. The summed E-state index contributed by atoms with van der Waals surface area (Å²) < 4.78 is 2.48. The number of hydrogen-bond donors (Lipinski definition) is 0. The Morgan fingerprint density at radius 1 is 0.562 bits per heavy atom. The number of aromatic nitrogens is 1. The smallest absolute Gasteiger partial charge is 0.0541 e. The summed E-state index contributed by atoms with van der Waals surface area (Å²) in [6, 6.07) is 20.9. The number of fused-ring (bicyclic) bond motifs is 3. The van der Waals surface area contributed by atoms with E-state index in [1.54, 1.807) is 0 Å². The second kappa shape index (κ2) is 7.24. The molecular weight excluding hydrogens is 386 g/mol. The van der Waals surface area contributed by atoms with Crippen LogP contribution in [0.15, 0.2) is 54.6 Å². The van der Waals surface area contributed by atoms with E-state index in [0.717, 1.165) is 0 Å². The van der Waals surface area contributed by atoms with Crippen LogP contribution in [0.25, 0.3) is 27.5 Å². The van der Waals surface area contributed by atoms with Crippen LogP contribution in [0.1, 0.15) is 84.6 Å². The highest BCUT2D eigenvalue weighted by atomic mass is 15.0. The maximum Gasteiger partial charge on any atom is 0.0541 e. The van der Waals surface area contributed by atoms with Gasteiger partial charge in [-0.2, -0.15) is 0 Å². The van der Waals surface area contributed by atoms with Crippen LogP contribution in [0.5, 0.6) is 0 Å². The van der Waals surface area contributed by atoms with Gasteiger partial charge in [0.25, 0.3) is 0 Å². The molecule has 1 heterocycles. The van der Waals surface area contributed by atoms with Gasteiger partial charge in [-0.1, -0.05) is 86.6 Å². The van der Waals surface area contributed by atoms with Gasteiger partial charge in [-0.25, -0.2) is 0 Å². The SMILES string of the molecule is Cc1c(-n2c3ccc(C(C)(C)C)cc3c3cc(C(C)(C)C)ccc32)cccc1C(C)(C)C. The van der Waals surface area contributed by atoms with Crippen molar-refractivity contribution in [1.82, 2.24) is 4.57 Å². The molecule has 32 heavy (non-hydrogen) atoms. The Balaban J connectivity index is 2.14. The predicted molar refractivity (Wildman–Crippen MR) is 142 cm³/mol. The van der Waals surface area contributed by atoms with E-state index in [1.165, 1.54) is 49.7 Å². The topological polar surface area (TPSA) is 4.93 Å². The van der Waals surface area contributed by atoms with Gasteiger partial charge in [0, 0.05) is 16.5 Å². The lowest BCUT2D eigenvalue weighted by molar-refractivity contribution is 0.585. The summed E-state index contributed by atoms with van der Waals surface area (Å²) in [5, 5.41) is 2.69. The Labute approximate surface area is 194 Å². The number of benzene rings is 3. The van der Waals surface area contributed by atoms with E-state index in [1.807, 2.05) is 0 Å². The third-order valence-corrected chi connectivity index (χ3v) is 6.85. The predicted octanol–water partition coefficient (Wildman–Crippen LogP) is 8.98. The van der Waals surface area contributed by atoms with Crippen LogP contribution in [-0.4, -0.2) is 4.57 Å². The zero-order valence-electron chi connectivity index (χ0n) is 21.6. The minimum absolute atomic E-state index is 0.109. The summed E-state index contributed by atoms with van der Waals surface area (Å²) >= 11 is 0. The van der Waals surface area contributed by atoms with Gasteiger partial charge < -0.3 is 4.57 Å². The molecule has 0 aliphatic rings. The highest BCUT2D eigenvalue weighted by Gasteiger charge is 2.23. The van der Waals surface area contributed by atoms with Crippen LogP contribution in [0.3, 0.4) is 0 Å². The molecule has 0 aliphatic carbocycles. The van der Waals surface area contributed by atoms with Crippen molar-refractivity contribution in [2.45, 2.75) is 85.5 Å². The van der Waals surface area contributed by atoms with Gasteiger partial charge in [0.05, 0.1) is 11.0 Å². The highest BCUT2D eigenvalue weighted by molar-refractivity contribution is 6.10. The lowest BCUT2D eigenvalue weighted by Crippen LogP contribution is -2.14. The molecule has 0 bridgehead atoms. The van der Waals surface area contributed by atoms with Crippen LogP contribution in [0.4, 0.5) is 0 Å². The van der Waals surface area contributed by atoms with Crippen LogP contribution in [0, 0.1) is 6.92 Å². The molecule has 0 spiro atoms.